The quantitative estimate of drug-likeness (QED) is 0.177. The molecule has 42 heavy (non-hydrogen) atoms. The Morgan fingerprint density at radius 1 is 0.810 bits per heavy atom. The highest BCUT2D eigenvalue weighted by atomic mass is 16.6. The van der Waals surface area contributed by atoms with Gasteiger partial charge in [-0.05, 0) is 37.5 Å². The number of ether oxygens (including phenoxy) is 4. The largest absolute Gasteiger partial charge is 0.379 e. The van der Waals surface area contributed by atoms with E-state index in [4.69, 9.17) is 30.4 Å². The van der Waals surface area contributed by atoms with Crippen LogP contribution in [0.25, 0.3) is 0 Å². The number of nitrogens with two attached hydrogens (primary N) is 2. The fourth-order valence-electron chi connectivity index (χ4n) is 3.67. The Hall–Kier alpha value is -3.75. The van der Waals surface area contributed by atoms with Crippen LogP contribution in [-0.2, 0) is 39.9 Å². The van der Waals surface area contributed by atoms with Crippen molar-refractivity contribution in [3.8, 4) is 11.8 Å². The molecule has 1 aromatic rings. The molecule has 3 amide bonds. The lowest BCUT2D eigenvalue weighted by Gasteiger charge is -2.26. The number of nitrogens with zero attached hydrogens (tertiary/aromatic N) is 1. The average molecular weight is 584 g/mol. The molecule has 0 bridgehead atoms. The second kappa shape index (κ2) is 22.9. The number of amides is 3. The number of fused-ring (bicyclic) bond motifs is 1. The van der Waals surface area contributed by atoms with Crippen molar-refractivity contribution in [3.63, 3.8) is 0 Å². The van der Waals surface area contributed by atoms with E-state index in [1.807, 2.05) is 31.2 Å². The summed E-state index contributed by atoms with van der Waals surface area (Å²) < 4.78 is 20.7. The van der Waals surface area contributed by atoms with Crippen molar-refractivity contribution in [1.29, 1.82) is 0 Å². The molecule has 0 aromatic heterocycles. The van der Waals surface area contributed by atoms with Gasteiger partial charge in [0.15, 0.2) is 0 Å². The van der Waals surface area contributed by atoms with E-state index in [2.05, 4.69) is 25.0 Å². The molecule has 0 fully saturated rings. The molecule has 4 N–H and O–H groups in total. The summed E-state index contributed by atoms with van der Waals surface area (Å²) in [6.07, 6.45) is 5.38. The Morgan fingerprint density at radius 2 is 1.38 bits per heavy atom. The van der Waals surface area contributed by atoms with Gasteiger partial charge in [-0.15, -0.1) is 0 Å². The molecule has 0 aliphatic carbocycles. The van der Waals surface area contributed by atoms with Crippen LogP contribution in [0.4, 0.5) is 0 Å². The van der Waals surface area contributed by atoms with Gasteiger partial charge in [0.1, 0.15) is 0 Å². The fourth-order valence-corrected chi connectivity index (χ4v) is 3.67. The molecule has 0 saturated carbocycles. The van der Waals surface area contributed by atoms with Crippen molar-refractivity contribution < 1.29 is 33.3 Å². The second-order valence-electron chi connectivity index (χ2n) is 9.02. The summed E-state index contributed by atoms with van der Waals surface area (Å²) in [4.78, 5) is 35.7. The first-order valence-electron chi connectivity index (χ1n) is 14.1. The molecule has 0 saturated heterocycles. The monoisotopic (exact) mass is 583 g/mol. The maximum Gasteiger partial charge on any atom is 0.227 e. The van der Waals surface area contributed by atoms with Gasteiger partial charge in [-0.25, -0.2) is 0 Å². The molecule has 0 unspecified atom stereocenters. The molecule has 10 heteroatoms. The lowest BCUT2D eigenvalue weighted by molar-refractivity contribution is -0.130. The Bertz CT molecular complexity index is 1100. The Balaban J connectivity index is 0.000000456. The SMILES string of the molecule is C=C/C1=C(\C=C)N(C(=O)CCCCC(N)=O)Cc2ccccc2C#C1.CCOCCOCCOCCOCCC(N)=O. The molecule has 1 heterocycles. The van der Waals surface area contributed by atoms with Crippen molar-refractivity contribution in [3.05, 3.63) is 72.0 Å². The van der Waals surface area contributed by atoms with Crippen molar-refractivity contribution >= 4 is 17.7 Å². The molecule has 230 valence electrons. The first-order chi connectivity index (χ1) is 20.3. The minimum absolute atomic E-state index is 0.0303. The average Bonchev–Trinajstić information content (AvgIpc) is 2.96. The van der Waals surface area contributed by atoms with Gasteiger partial charge in [-0.2, -0.15) is 0 Å². The summed E-state index contributed by atoms with van der Waals surface area (Å²) >= 11 is 0. The number of unbranched alkanes of at least 4 members (excludes halogenated alkanes) is 1. The Kier molecular flexibility index (Phi) is 19.8. The summed E-state index contributed by atoms with van der Waals surface area (Å²) in [5, 5.41) is 0. The van der Waals surface area contributed by atoms with Crippen LogP contribution in [0.1, 0.15) is 50.2 Å². The fraction of sp³-hybridized carbons (Fsp3) is 0.469. The number of hydrogen-bond acceptors (Lipinski definition) is 7. The third-order valence-electron chi connectivity index (χ3n) is 5.82. The van der Waals surface area contributed by atoms with E-state index in [9.17, 15) is 14.4 Å². The number of allylic oxidation sites excluding steroid dienone is 3. The van der Waals surface area contributed by atoms with E-state index in [0.717, 1.165) is 11.1 Å². The van der Waals surface area contributed by atoms with Crippen molar-refractivity contribution in [2.24, 2.45) is 11.5 Å². The molecule has 1 aliphatic rings. The van der Waals surface area contributed by atoms with Crippen LogP contribution in [0, 0.1) is 11.8 Å². The van der Waals surface area contributed by atoms with Gasteiger partial charge < -0.3 is 35.3 Å². The molecule has 1 aromatic carbocycles. The highest BCUT2D eigenvalue weighted by Gasteiger charge is 2.21. The van der Waals surface area contributed by atoms with Gasteiger partial charge in [-0.3, -0.25) is 14.4 Å². The van der Waals surface area contributed by atoms with Gasteiger partial charge in [-0.1, -0.05) is 49.3 Å². The highest BCUT2D eigenvalue weighted by Crippen LogP contribution is 2.22. The van der Waals surface area contributed by atoms with Crippen LogP contribution in [-0.4, -0.2) is 75.5 Å². The van der Waals surface area contributed by atoms with Crippen LogP contribution < -0.4 is 11.5 Å². The smallest absolute Gasteiger partial charge is 0.227 e. The summed E-state index contributed by atoms with van der Waals surface area (Å²) in [7, 11) is 0. The number of benzene rings is 1. The zero-order valence-electron chi connectivity index (χ0n) is 24.7. The second-order valence-corrected chi connectivity index (χ2v) is 9.02. The van der Waals surface area contributed by atoms with E-state index >= 15 is 0 Å². The summed E-state index contributed by atoms with van der Waals surface area (Å²) in [6, 6.07) is 7.77. The van der Waals surface area contributed by atoms with Gasteiger partial charge in [0.05, 0.1) is 58.5 Å². The topological polar surface area (TPSA) is 143 Å². The molecule has 0 spiro atoms. The zero-order chi connectivity index (χ0) is 31.0. The third-order valence-corrected chi connectivity index (χ3v) is 5.82. The first kappa shape index (κ1) is 36.3. The lowest BCUT2D eigenvalue weighted by atomic mass is 10.0. The predicted molar refractivity (Wildman–Crippen MR) is 162 cm³/mol. The number of carbonyl (C=O) groups is 3. The lowest BCUT2D eigenvalue weighted by Crippen LogP contribution is -2.30. The first-order valence-corrected chi connectivity index (χ1v) is 14.1. The van der Waals surface area contributed by atoms with Gasteiger partial charge >= 0.3 is 0 Å². The van der Waals surface area contributed by atoms with Crippen LogP contribution in [0.15, 0.2) is 60.8 Å². The van der Waals surface area contributed by atoms with E-state index in [1.54, 1.807) is 17.1 Å². The normalized spacial score (nSPS) is 13.8. The molecule has 0 atom stereocenters. The Morgan fingerprint density at radius 3 is 1.95 bits per heavy atom. The molecule has 2 rings (SSSR count). The van der Waals surface area contributed by atoms with E-state index in [0.29, 0.717) is 96.4 Å². The number of primary amides is 2. The van der Waals surface area contributed by atoms with Crippen molar-refractivity contribution in [1.82, 2.24) is 4.90 Å². The van der Waals surface area contributed by atoms with Crippen LogP contribution in [0.3, 0.4) is 0 Å². The Labute approximate surface area is 249 Å². The maximum atomic E-state index is 12.8. The molecule has 1 aliphatic heterocycles. The van der Waals surface area contributed by atoms with E-state index < -0.39 is 0 Å². The third kappa shape index (κ3) is 15.9. The van der Waals surface area contributed by atoms with Crippen molar-refractivity contribution in [2.75, 3.05) is 52.9 Å². The number of rotatable bonds is 20. The highest BCUT2D eigenvalue weighted by molar-refractivity contribution is 5.80. The molecular weight excluding hydrogens is 538 g/mol. The van der Waals surface area contributed by atoms with Crippen LogP contribution in [0.2, 0.25) is 0 Å². The van der Waals surface area contributed by atoms with Crippen molar-refractivity contribution in [2.45, 2.75) is 45.6 Å². The standard InChI is InChI=1S/C21H22N2O2.C11H23NO5/c1-3-16-13-14-17-9-5-6-10-18(17)15-23(19(16)4-2)21(25)12-8-7-11-20(22)24;1-2-14-5-6-16-9-10-17-8-7-15-4-3-11(12)13/h3-6,9-10H,1-2,7-8,11-12,15H2,(H2,22,24);2-10H2,1H3,(H2,12,13)/b19-16-;. The number of hydrogen-bond donors (Lipinski definition) is 2. The van der Waals surface area contributed by atoms with E-state index in [1.165, 1.54) is 0 Å². The summed E-state index contributed by atoms with van der Waals surface area (Å²) in [5.41, 5.74) is 13.3. The number of carbonyl (C=O) groups excluding carboxylic acids is 3. The molecular formula is C32H45N3O7. The zero-order valence-corrected chi connectivity index (χ0v) is 24.7. The summed E-state index contributed by atoms with van der Waals surface area (Å²) in [5.74, 6) is 5.49. The van der Waals surface area contributed by atoms with Gasteiger partial charge in [0, 0.05) is 37.0 Å². The molecule has 10 nitrogen and oxygen atoms in total. The molecule has 0 radical (unpaired) electrons. The maximum absolute atomic E-state index is 12.8. The van der Waals surface area contributed by atoms with Crippen LogP contribution >= 0.6 is 0 Å². The van der Waals surface area contributed by atoms with Crippen LogP contribution in [0.5, 0.6) is 0 Å². The minimum Gasteiger partial charge on any atom is -0.379 e. The summed E-state index contributed by atoms with van der Waals surface area (Å²) in [6.45, 7) is 14.3. The van der Waals surface area contributed by atoms with E-state index in [-0.39, 0.29) is 24.1 Å². The van der Waals surface area contributed by atoms with Gasteiger partial charge in [0.2, 0.25) is 17.7 Å². The van der Waals surface area contributed by atoms with Gasteiger partial charge in [0.25, 0.3) is 0 Å². The predicted octanol–water partition coefficient (Wildman–Crippen LogP) is 3.00. The minimum atomic E-state index is -0.353.